The van der Waals surface area contributed by atoms with Crippen LogP contribution in [0.5, 0.6) is 0 Å². The summed E-state index contributed by atoms with van der Waals surface area (Å²) in [6.07, 6.45) is 1.06. The molecule has 2 unspecified atom stereocenters. The van der Waals surface area contributed by atoms with Crippen LogP contribution in [0.25, 0.3) is 11.2 Å². The average Bonchev–Trinajstić information content (AvgIpc) is 3.62. The molecule has 2 aromatic heterocycles. The van der Waals surface area contributed by atoms with Gasteiger partial charge in [-0.25, -0.2) is 4.79 Å². The highest BCUT2D eigenvalue weighted by atomic mass is 35.5. The van der Waals surface area contributed by atoms with Crippen LogP contribution in [0.1, 0.15) is 22.3 Å². The van der Waals surface area contributed by atoms with Crippen molar-refractivity contribution in [2.45, 2.75) is 25.6 Å². The Labute approximate surface area is 219 Å². The van der Waals surface area contributed by atoms with Crippen LogP contribution in [-0.2, 0) is 20.1 Å². The number of anilines is 1. The second kappa shape index (κ2) is 9.99. The summed E-state index contributed by atoms with van der Waals surface area (Å²) in [4.78, 5) is 47.2. The maximum Gasteiger partial charge on any atom is 0.332 e. The normalized spacial score (nSPS) is 18.7. The predicted molar refractivity (Wildman–Crippen MR) is 145 cm³/mol. The van der Waals surface area contributed by atoms with Crippen molar-refractivity contribution in [1.29, 1.82) is 0 Å². The summed E-state index contributed by atoms with van der Waals surface area (Å²) in [5.41, 5.74) is 1.13. The first kappa shape index (κ1) is 25.0. The Hall–Kier alpha value is -3.69. The summed E-state index contributed by atoms with van der Waals surface area (Å²) in [5.74, 6) is 0.950. The van der Waals surface area contributed by atoms with E-state index in [1.807, 2.05) is 41.0 Å². The SMILES string of the molecule is Cl.Cn1c(=O)n(CC(=O)c2ccccc2)c(=O)c2c1nc(N1CCC3CNCC31)n2Cc1ccccc1. The van der Waals surface area contributed by atoms with Crippen LogP contribution in [-0.4, -0.2) is 50.1 Å². The molecule has 2 aromatic carbocycles. The van der Waals surface area contributed by atoms with Crippen molar-refractivity contribution < 1.29 is 4.79 Å². The van der Waals surface area contributed by atoms with Gasteiger partial charge in [-0.05, 0) is 17.9 Å². The van der Waals surface area contributed by atoms with E-state index in [2.05, 4.69) is 10.2 Å². The largest absolute Gasteiger partial charge is 0.338 e. The summed E-state index contributed by atoms with van der Waals surface area (Å²) >= 11 is 0. The first-order valence-corrected chi connectivity index (χ1v) is 12.3. The number of imidazole rings is 1. The Balaban J connectivity index is 0.00000280. The van der Waals surface area contributed by atoms with Crippen LogP contribution in [0, 0.1) is 5.92 Å². The van der Waals surface area contributed by atoms with E-state index in [0.717, 1.165) is 36.2 Å². The fourth-order valence-electron chi connectivity index (χ4n) is 5.59. The fraction of sp³-hybridized carbons (Fsp3) is 0.333. The Morgan fingerprint density at radius 1 is 1.00 bits per heavy atom. The maximum atomic E-state index is 13.8. The molecule has 0 bridgehead atoms. The van der Waals surface area contributed by atoms with E-state index in [9.17, 15) is 14.4 Å². The standard InChI is InChI=1S/C27H28N6O3.ClH/c1-30-24-23(25(35)33(27(30)36)17-22(34)19-10-6-3-7-11-19)32(16-18-8-4-2-5-9-18)26(29-24)31-13-12-20-14-28-15-21(20)31;/h2-11,20-21,28H,12-17H2,1H3;1H. The summed E-state index contributed by atoms with van der Waals surface area (Å²) in [6.45, 7) is 2.81. The highest BCUT2D eigenvalue weighted by Crippen LogP contribution is 2.33. The molecule has 2 saturated heterocycles. The Morgan fingerprint density at radius 3 is 2.43 bits per heavy atom. The van der Waals surface area contributed by atoms with Crippen molar-refractivity contribution in [2.24, 2.45) is 13.0 Å². The molecule has 192 valence electrons. The van der Waals surface area contributed by atoms with E-state index in [1.165, 1.54) is 4.57 Å². The van der Waals surface area contributed by atoms with Gasteiger partial charge in [0.2, 0.25) is 5.95 Å². The van der Waals surface area contributed by atoms with E-state index in [-0.39, 0.29) is 24.7 Å². The number of aryl methyl sites for hydroxylation is 1. The molecule has 2 atom stereocenters. The number of carbonyl (C=O) groups excluding carboxylic acids is 1. The number of fused-ring (bicyclic) bond motifs is 2. The summed E-state index contributed by atoms with van der Waals surface area (Å²) in [6, 6.07) is 18.9. The minimum absolute atomic E-state index is 0. The maximum absolute atomic E-state index is 13.8. The number of halogens is 1. The third kappa shape index (κ3) is 4.28. The predicted octanol–water partition coefficient (Wildman–Crippen LogP) is 2.05. The number of ketones is 1. The molecule has 0 amide bonds. The lowest BCUT2D eigenvalue weighted by Gasteiger charge is -2.25. The molecule has 0 aliphatic carbocycles. The van der Waals surface area contributed by atoms with Gasteiger partial charge in [0, 0.05) is 38.3 Å². The van der Waals surface area contributed by atoms with Gasteiger partial charge >= 0.3 is 5.69 Å². The Bertz CT molecular complexity index is 1560. The van der Waals surface area contributed by atoms with Gasteiger partial charge in [0.15, 0.2) is 16.9 Å². The Morgan fingerprint density at radius 2 is 1.70 bits per heavy atom. The zero-order valence-corrected chi connectivity index (χ0v) is 21.4. The summed E-state index contributed by atoms with van der Waals surface area (Å²) < 4.78 is 4.35. The molecule has 4 heterocycles. The van der Waals surface area contributed by atoms with Crippen LogP contribution in [0.4, 0.5) is 5.95 Å². The molecule has 6 rings (SSSR count). The molecule has 2 aliphatic rings. The van der Waals surface area contributed by atoms with Crippen LogP contribution >= 0.6 is 12.4 Å². The second-order valence-corrected chi connectivity index (χ2v) is 9.65. The molecule has 0 radical (unpaired) electrons. The van der Waals surface area contributed by atoms with E-state index < -0.39 is 11.2 Å². The third-order valence-corrected chi connectivity index (χ3v) is 7.50. The van der Waals surface area contributed by atoms with Crippen molar-refractivity contribution in [1.82, 2.24) is 24.0 Å². The molecule has 2 fully saturated rings. The monoisotopic (exact) mass is 520 g/mol. The smallest absolute Gasteiger partial charge is 0.332 e. The molecular formula is C27H29ClN6O3. The van der Waals surface area contributed by atoms with Gasteiger partial charge in [-0.2, -0.15) is 4.98 Å². The first-order valence-electron chi connectivity index (χ1n) is 12.3. The minimum atomic E-state index is -0.547. The lowest BCUT2D eigenvalue weighted by molar-refractivity contribution is 0.0969. The van der Waals surface area contributed by atoms with Crippen molar-refractivity contribution in [3.05, 3.63) is 92.6 Å². The van der Waals surface area contributed by atoms with E-state index in [0.29, 0.717) is 41.2 Å². The van der Waals surface area contributed by atoms with Gasteiger partial charge in [0.1, 0.15) is 0 Å². The van der Waals surface area contributed by atoms with Gasteiger partial charge in [0.05, 0.1) is 13.1 Å². The fourth-order valence-corrected chi connectivity index (χ4v) is 5.59. The zero-order valence-electron chi connectivity index (χ0n) is 20.5. The van der Waals surface area contributed by atoms with Crippen LogP contribution < -0.4 is 21.5 Å². The number of nitrogens with zero attached hydrogens (tertiary/aromatic N) is 5. The van der Waals surface area contributed by atoms with E-state index in [4.69, 9.17) is 4.98 Å². The topological polar surface area (TPSA) is 94.2 Å². The number of benzene rings is 2. The van der Waals surface area contributed by atoms with Crippen molar-refractivity contribution in [2.75, 3.05) is 24.5 Å². The van der Waals surface area contributed by atoms with E-state index in [1.54, 1.807) is 31.3 Å². The molecule has 0 spiro atoms. The average molecular weight is 521 g/mol. The minimum Gasteiger partial charge on any atom is -0.338 e. The van der Waals surface area contributed by atoms with Gasteiger partial charge in [-0.15, -0.1) is 12.4 Å². The summed E-state index contributed by atoms with van der Waals surface area (Å²) in [7, 11) is 1.61. The lowest BCUT2D eigenvalue weighted by atomic mass is 10.1. The van der Waals surface area contributed by atoms with E-state index >= 15 is 0 Å². The number of hydrogen-bond acceptors (Lipinski definition) is 6. The van der Waals surface area contributed by atoms with Crippen molar-refractivity contribution in [3.8, 4) is 0 Å². The number of nitrogens with one attached hydrogen (secondary N) is 1. The van der Waals surface area contributed by atoms with Gasteiger partial charge in [0.25, 0.3) is 5.56 Å². The highest BCUT2D eigenvalue weighted by molar-refractivity contribution is 5.96. The quantitative estimate of drug-likeness (QED) is 0.391. The molecular weight excluding hydrogens is 492 g/mol. The van der Waals surface area contributed by atoms with Crippen LogP contribution in [0.2, 0.25) is 0 Å². The first-order chi connectivity index (χ1) is 17.5. The Kier molecular flexibility index (Phi) is 6.74. The van der Waals surface area contributed by atoms with Crippen molar-refractivity contribution in [3.63, 3.8) is 0 Å². The van der Waals surface area contributed by atoms with Crippen LogP contribution in [0.15, 0.2) is 70.3 Å². The molecule has 0 saturated carbocycles. The van der Waals surface area contributed by atoms with Gasteiger partial charge in [-0.3, -0.25) is 23.3 Å². The lowest BCUT2D eigenvalue weighted by Crippen LogP contribution is -2.41. The second-order valence-electron chi connectivity index (χ2n) is 9.65. The number of rotatable bonds is 6. The molecule has 1 N–H and O–H groups in total. The number of carbonyl (C=O) groups is 1. The number of aromatic nitrogens is 4. The highest BCUT2D eigenvalue weighted by Gasteiger charge is 2.40. The van der Waals surface area contributed by atoms with Crippen molar-refractivity contribution >= 4 is 35.3 Å². The molecule has 4 aromatic rings. The van der Waals surface area contributed by atoms with Gasteiger partial charge in [-0.1, -0.05) is 60.7 Å². The molecule has 9 nitrogen and oxygen atoms in total. The molecule has 10 heteroatoms. The third-order valence-electron chi connectivity index (χ3n) is 7.50. The number of hydrogen-bond donors (Lipinski definition) is 1. The van der Waals surface area contributed by atoms with Gasteiger partial charge < -0.3 is 10.2 Å². The molecule has 37 heavy (non-hydrogen) atoms. The summed E-state index contributed by atoms with van der Waals surface area (Å²) in [5, 5.41) is 3.47. The van der Waals surface area contributed by atoms with Crippen LogP contribution in [0.3, 0.4) is 0 Å². The zero-order chi connectivity index (χ0) is 24.8. The number of Topliss-reactive ketones (excluding diaryl/α,β-unsaturated/α-hetero) is 1. The molecule has 2 aliphatic heterocycles.